The molecule has 0 bridgehead atoms. The van der Waals surface area contributed by atoms with Crippen LogP contribution >= 0.6 is 15.9 Å². The predicted molar refractivity (Wildman–Crippen MR) is 77.8 cm³/mol. The fourth-order valence-electron chi connectivity index (χ4n) is 2.53. The average Bonchev–Trinajstić information content (AvgIpc) is 2.56. The number of aromatic nitrogens is 2. The van der Waals surface area contributed by atoms with E-state index in [0.29, 0.717) is 0 Å². The molecule has 1 aliphatic heterocycles. The molecule has 1 aliphatic rings. The number of hydrogen-bond acceptors (Lipinski definition) is 2. The van der Waals surface area contributed by atoms with Crippen LogP contribution in [0.25, 0.3) is 11.3 Å². The van der Waals surface area contributed by atoms with Crippen molar-refractivity contribution in [3.63, 3.8) is 0 Å². The maximum absolute atomic E-state index is 4.69. The third-order valence-corrected chi connectivity index (χ3v) is 4.11. The van der Waals surface area contributed by atoms with Gasteiger partial charge >= 0.3 is 0 Å². The number of hydrogen-bond donors (Lipinski definition) is 1. The van der Waals surface area contributed by atoms with Crippen molar-refractivity contribution in [1.29, 1.82) is 0 Å². The van der Waals surface area contributed by atoms with Gasteiger partial charge in [-0.1, -0.05) is 34.1 Å². The first-order valence-corrected chi connectivity index (χ1v) is 7.11. The minimum absolute atomic E-state index is 1.04. The number of benzene rings is 1. The van der Waals surface area contributed by atoms with Crippen molar-refractivity contribution in [2.45, 2.75) is 19.3 Å². The molecule has 0 fully saturated rings. The molecule has 3 nitrogen and oxygen atoms in total. The molecule has 0 saturated heterocycles. The van der Waals surface area contributed by atoms with Gasteiger partial charge in [0.05, 0.1) is 5.69 Å². The lowest BCUT2D eigenvalue weighted by Crippen LogP contribution is -2.04. The van der Waals surface area contributed by atoms with Gasteiger partial charge in [-0.05, 0) is 25.3 Å². The van der Waals surface area contributed by atoms with Crippen LogP contribution in [-0.4, -0.2) is 16.3 Å². The van der Waals surface area contributed by atoms with Crippen molar-refractivity contribution in [2.24, 2.45) is 7.05 Å². The van der Waals surface area contributed by atoms with E-state index < -0.39 is 0 Å². The monoisotopic (exact) mass is 305 g/mol. The standard InChI is InChI=1S/C14H16BrN3/c1-18-14-11(7-4-5-9-16-14)13(17-18)10-6-2-3-8-12(10)15/h2-3,6,8,16H,4-5,7,9H2,1H3. The molecular formula is C14H16BrN3. The lowest BCUT2D eigenvalue weighted by Gasteiger charge is -2.04. The highest BCUT2D eigenvalue weighted by Gasteiger charge is 2.20. The Hall–Kier alpha value is -1.29. The Morgan fingerprint density at radius 3 is 2.94 bits per heavy atom. The van der Waals surface area contributed by atoms with Crippen LogP contribution in [0.15, 0.2) is 28.7 Å². The van der Waals surface area contributed by atoms with Crippen LogP contribution in [0, 0.1) is 0 Å². The molecule has 0 radical (unpaired) electrons. The molecule has 1 aromatic carbocycles. The summed E-state index contributed by atoms with van der Waals surface area (Å²) in [4.78, 5) is 0. The van der Waals surface area contributed by atoms with E-state index in [1.54, 1.807) is 0 Å². The second-order valence-corrected chi connectivity index (χ2v) is 5.52. The lowest BCUT2D eigenvalue weighted by molar-refractivity contribution is 0.757. The molecule has 0 spiro atoms. The van der Waals surface area contributed by atoms with E-state index in [1.165, 1.54) is 29.8 Å². The zero-order valence-corrected chi connectivity index (χ0v) is 12.0. The molecule has 0 saturated carbocycles. The maximum Gasteiger partial charge on any atom is 0.127 e. The fourth-order valence-corrected chi connectivity index (χ4v) is 3.00. The van der Waals surface area contributed by atoms with Gasteiger partial charge in [0.2, 0.25) is 0 Å². The van der Waals surface area contributed by atoms with Crippen LogP contribution in [0.4, 0.5) is 5.82 Å². The summed E-state index contributed by atoms with van der Waals surface area (Å²) in [7, 11) is 2.01. The van der Waals surface area contributed by atoms with Crippen LogP contribution in [0.5, 0.6) is 0 Å². The quantitative estimate of drug-likeness (QED) is 0.872. The van der Waals surface area contributed by atoms with E-state index in [0.717, 1.165) is 23.1 Å². The molecule has 0 atom stereocenters. The molecule has 0 aliphatic carbocycles. The van der Waals surface area contributed by atoms with E-state index in [9.17, 15) is 0 Å². The maximum atomic E-state index is 4.69. The van der Waals surface area contributed by atoms with Crippen molar-refractivity contribution in [3.8, 4) is 11.3 Å². The minimum atomic E-state index is 1.04. The summed E-state index contributed by atoms with van der Waals surface area (Å²) in [6.45, 7) is 1.04. The van der Waals surface area contributed by atoms with Gasteiger partial charge in [-0.3, -0.25) is 4.68 Å². The summed E-state index contributed by atoms with van der Waals surface area (Å²) in [5.74, 6) is 1.18. The SMILES string of the molecule is Cn1nc(-c2ccccc2Br)c2c1NCCCC2. The van der Waals surface area contributed by atoms with Gasteiger partial charge in [0, 0.05) is 29.2 Å². The summed E-state index contributed by atoms with van der Waals surface area (Å²) in [5.41, 5.74) is 3.63. The first-order chi connectivity index (χ1) is 8.77. The predicted octanol–water partition coefficient (Wildman–Crippen LogP) is 3.60. The molecule has 1 aromatic heterocycles. The van der Waals surface area contributed by atoms with Gasteiger partial charge in [-0.2, -0.15) is 5.10 Å². The second kappa shape index (κ2) is 4.76. The van der Waals surface area contributed by atoms with Gasteiger partial charge in [0.15, 0.2) is 0 Å². The van der Waals surface area contributed by atoms with Crippen LogP contribution in [0.1, 0.15) is 18.4 Å². The third kappa shape index (κ3) is 1.94. The molecule has 2 aromatic rings. The normalized spacial score (nSPS) is 14.8. The molecule has 3 rings (SSSR count). The van der Waals surface area contributed by atoms with Gasteiger partial charge in [-0.15, -0.1) is 0 Å². The minimum Gasteiger partial charge on any atom is -0.370 e. The third-order valence-electron chi connectivity index (χ3n) is 3.42. The zero-order valence-electron chi connectivity index (χ0n) is 10.4. The molecule has 0 amide bonds. The Morgan fingerprint density at radius 2 is 2.11 bits per heavy atom. The molecule has 2 heterocycles. The Labute approximate surface area is 115 Å². The molecule has 18 heavy (non-hydrogen) atoms. The zero-order chi connectivity index (χ0) is 12.5. The van der Waals surface area contributed by atoms with Crippen molar-refractivity contribution in [2.75, 3.05) is 11.9 Å². The number of nitrogens with zero attached hydrogens (tertiary/aromatic N) is 2. The molecule has 4 heteroatoms. The number of fused-ring (bicyclic) bond motifs is 1. The van der Waals surface area contributed by atoms with Crippen molar-refractivity contribution in [1.82, 2.24) is 9.78 Å². The highest BCUT2D eigenvalue weighted by molar-refractivity contribution is 9.10. The Kier molecular flexibility index (Phi) is 3.12. The van der Waals surface area contributed by atoms with Crippen molar-refractivity contribution >= 4 is 21.7 Å². The number of halogens is 1. The highest BCUT2D eigenvalue weighted by atomic mass is 79.9. The topological polar surface area (TPSA) is 29.9 Å². The van der Waals surface area contributed by atoms with Crippen LogP contribution in [0.3, 0.4) is 0 Å². The number of rotatable bonds is 1. The van der Waals surface area contributed by atoms with E-state index in [1.807, 2.05) is 17.8 Å². The summed E-state index contributed by atoms with van der Waals surface area (Å²) >= 11 is 3.62. The van der Waals surface area contributed by atoms with Crippen LogP contribution in [-0.2, 0) is 13.5 Å². The van der Waals surface area contributed by atoms with Crippen molar-refractivity contribution in [3.05, 3.63) is 34.3 Å². The average molecular weight is 306 g/mol. The van der Waals surface area contributed by atoms with Gasteiger partial charge < -0.3 is 5.32 Å². The lowest BCUT2D eigenvalue weighted by atomic mass is 10.0. The molecule has 0 unspecified atom stereocenters. The summed E-state index contributed by atoms with van der Waals surface area (Å²) in [6, 6.07) is 8.29. The van der Waals surface area contributed by atoms with Crippen LogP contribution < -0.4 is 5.32 Å². The van der Waals surface area contributed by atoms with Crippen LogP contribution in [0.2, 0.25) is 0 Å². The Balaban J connectivity index is 2.16. The fraction of sp³-hybridized carbons (Fsp3) is 0.357. The van der Waals surface area contributed by atoms with E-state index >= 15 is 0 Å². The highest BCUT2D eigenvalue weighted by Crippen LogP contribution is 2.35. The molecular weight excluding hydrogens is 290 g/mol. The number of anilines is 1. The van der Waals surface area contributed by atoms with E-state index in [-0.39, 0.29) is 0 Å². The smallest absolute Gasteiger partial charge is 0.127 e. The number of aryl methyl sites for hydroxylation is 1. The Bertz CT molecular complexity index is 574. The number of nitrogens with one attached hydrogen (secondary N) is 1. The first kappa shape index (κ1) is 11.8. The van der Waals surface area contributed by atoms with Gasteiger partial charge in [0.1, 0.15) is 5.82 Å². The van der Waals surface area contributed by atoms with E-state index in [2.05, 4.69) is 44.5 Å². The second-order valence-electron chi connectivity index (χ2n) is 4.66. The van der Waals surface area contributed by atoms with E-state index in [4.69, 9.17) is 0 Å². The summed E-state index contributed by atoms with van der Waals surface area (Å²) in [6.07, 6.45) is 3.56. The van der Waals surface area contributed by atoms with Gasteiger partial charge in [-0.25, -0.2) is 0 Å². The Morgan fingerprint density at radius 1 is 1.28 bits per heavy atom. The van der Waals surface area contributed by atoms with Gasteiger partial charge in [0.25, 0.3) is 0 Å². The molecule has 94 valence electrons. The summed E-state index contributed by atoms with van der Waals surface area (Å²) < 4.78 is 3.07. The summed E-state index contributed by atoms with van der Waals surface area (Å²) in [5, 5.41) is 8.18. The molecule has 1 N–H and O–H groups in total. The first-order valence-electron chi connectivity index (χ1n) is 6.32. The van der Waals surface area contributed by atoms with Crippen molar-refractivity contribution < 1.29 is 0 Å². The largest absolute Gasteiger partial charge is 0.370 e.